The normalized spacial score (nSPS) is 32.5. The first kappa shape index (κ1) is 14.6. The predicted octanol–water partition coefficient (Wildman–Crippen LogP) is 2.64. The van der Waals surface area contributed by atoms with E-state index in [9.17, 15) is 4.79 Å². The number of aryl methyl sites for hydroxylation is 1. The monoisotopic (exact) mass is 293 g/mol. The van der Waals surface area contributed by atoms with Gasteiger partial charge in [-0.3, -0.25) is 4.79 Å². The fourth-order valence-corrected chi connectivity index (χ4v) is 3.07. The van der Waals surface area contributed by atoms with Crippen molar-refractivity contribution in [3.05, 3.63) is 23.7 Å². The van der Waals surface area contributed by atoms with Gasteiger partial charge >= 0.3 is 0 Å². The summed E-state index contributed by atoms with van der Waals surface area (Å²) in [7, 11) is 0. The highest BCUT2D eigenvalue weighted by molar-refractivity contribution is 5.92. The minimum absolute atomic E-state index is 0.0716. The number of nitrogens with one attached hydrogen (secondary N) is 1. The summed E-state index contributed by atoms with van der Waals surface area (Å²) in [4.78, 5) is 12.0. The minimum Gasteiger partial charge on any atom is -0.459 e. The number of rotatable bonds is 3. The summed E-state index contributed by atoms with van der Waals surface area (Å²) in [6, 6.07) is 1.78. The van der Waals surface area contributed by atoms with Crippen LogP contribution in [0.15, 0.2) is 16.7 Å². The molecule has 1 saturated heterocycles. The highest BCUT2D eigenvalue weighted by atomic mass is 16.7. The van der Waals surface area contributed by atoms with Crippen molar-refractivity contribution < 1.29 is 18.7 Å². The van der Waals surface area contributed by atoms with E-state index in [-0.39, 0.29) is 12.0 Å². The van der Waals surface area contributed by atoms with E-state index in [0.717, 1.165) is 37.2 Å². The Morgan fingerprint density at radius 3 is 2.86 bits per heavy atom. The van der Waals surface area contributed by atoms with Gasteiger partial charge in [0.1, 0.15) is 6.10 Å². The molecular formula is C16H23NO4. The molecule has 0 bridgehead atoms. The van der Waals surface area contributed by atoms with Crippen molar-refractivity contribution in [1.29, 1.82) is 0 Å². The smallest absolute Gasteiger partial charge is 0.287 e. The second kappa shape index (κ2) is 5.81. The van der Waals surface area contributed by atoms with E-state index in [2.05, 4.69) is 12.2 Å². The molecule has 1 atom stereocenters. The standard InChI is InChI=1S/C16H23NO4/c1-11-3-6-16(7-4-11)20-10-13(21-16)9-17-15(18)14-12(2)5-8-19-14/h5,8,11,13H,3-4,6-7,9-10H2,1-2H3,(H,17,18)/t11?,13-,16?/m1/s1. The Morgan fingerprint density at radius 1 is 1.43 bits per heavy atom. The molecule has 5 heteroatoms. The Hall–Kier alpha value is -1.33. The van der Waals surface area contributed by atoms with Crippen LogP contribution >= 0.6 is 0 Å². The number of carbonyl (C=O) groups is 1. The van der Waals surface area contributed by atoms with Crippen LogP contribution in [0.1, 0.15) is 48.7 Å². The van der Waals surface area contributed by atoms with Crippen LogP contribution in [0.4, 0.5) is 0 Å². The van der Waals surface area contributed by atoms with Gasteiger partial charge in [-0.05, 0) is 31.7 Å². The number of ether oxygens (including phenoxy) is 2. The molecule has 1 aromatic heterocycles. The molecule has 116 valence electrons. The maximum Gasteiger partial charge on any atom is 0.287 e. The van der Waals surface area contributed by atoms with Crippen molar-refractivity contribution in [1.82, 2.24) is 5.32 Å². The number of amides is 1. The van der Waals surface area contributed by atoms with Crippen LogP contribution in [0.25, 0.3) is 0 Å². The maximum absolute atomic E-state index is 12.0. The summed E-state index contributed by atoms with van der Waals surface area (Å²) in [5.41, 5.74) is 0.842. The molecule has 1 amide bonds. The van der Waals surface area contributed by atoms with Gasteiger partial charge in [0, 0.05) is 24.9 Å². The molecular weight excluding hydrogens is 270 g/mol. The third kappa shape index (κ3) is 3.14. The van der Waals surface area contributed by atoms with Crippen molar-refractivity contribution in [2.24, 2.45) is 5.92 Å². The lowest BCUT2D eigenvalue weighted by Crippen LogP contribution is -2.38. The lowest BCUT2D eigenvalue weighted by atomic mass is 9.86. The van der Waals surface area contributed by atoms with E-state index < -0.39 is 5.79 Å². The highest BCUT2D eigenvalue weighted by Crippen LogP contribution is 2.39. The molecule has 2 heterocycles. The van der Waals surface area contributed by atoms with Crippen LogP contribution in [0.3, 0.4) is 0 Å². The molecule has 0 radical (unpaired) electrons. The first-order valence-corrected chi connectivity index (χ1v) is 7.72. The van der Waals surface area contributed by atoms with Crippen molar-refractivity contribution in [3.8, 4) is 0 Å². The second-order valence-corrected chi connectivity index (χ2v) is 6.29. The molecule has 5 nitrogen and oxygen atoms in total. The van der Waals surface area contributed by atoms with Gasteiger partial charge in [-0.2, -0.15) is 0 Å². The Bertz CT molecular complexity index is 502. The van der Waals surface area contributed by atoms with E-state index in [1.165, 1.54) is 6.26 Å². The zero-order chi connectivity index (χ0) is 14.9. The number of carbonyl (C=O) groups excluding carboxylic acids is 1. The fourth-order valence-electron chi connectivity index (χ4n) is 3.07. The number of hydrogen-bond acceptors (Lipinski definition) is 4. The SMILES string of the molecule is Cc1ccoc1C(=O)NC[C@@H]1COC2(CCC(C)CC2)O1. The molecule has 1 saturated carbocycles. The minimum atomic E-state index is -0.400. The first-order chi connectivity index (χ1) is 10.1. The molecule has 3 rings (SSSR count). The van der Waals surface area contributed by atoms with Crippen LogP contribution < -0.4 is 5.32 Å². The summed E-state index contributed by atoms with van der Waals surface area (Å²) < 4.78 is 17.1. The van der Waals surface area contributed by atoms with Gasteiger partial charge in [0.15, 0.2) is 11.5 Å². The van der Waals surface area contributed by atoms with Crippen LogP contribution in [0.2, 0.25) is 0 Å². The van der Waals surface area contributed by atoms with E-state index in [4.69, 9.17) is 13.9 Å². The maximum atomic E-state index is 12.0. The Balaban J connectivity index is 1.49. The van der Waals surface area contributed by atoms with Crippen molar-refractivity contribution in [2.45, 2.75) is 51.4 Å². The Kier molecular flexibility index (Phi) is 4.04. The van der Waals surface area contributed by atoms with E-state index in [1.54, 1.807) is 6.07 Å². The lowest BCUT2D eigenvalue weighted by molar-refractivity contribution is -0.191. The van der Waals surface area contributed by atoms with Crippen LogP contribution in [0.5, 0.6) is 0 Å². The third-order valence-electron chi connectivity index (χ3n) is 4.51. The largest absolute Gasteiger partial charge is 0.459 e. The topological polar surface area (TPSA) is 60.7 Å². The fraction of sp³-hybridized carbons (Fsp3) is 0.688. The summed E-state index contributed by atoms with van der Waals surface area (Å²) in [6.45, 7) is 5.12. The van der Waals surface area contributed by atoms with E-state index in [0.29, 0.717) is 18.9 Å². The summed E-state index contributed by atoms with van der Waals surface area (Å²) >= 11 is 0. The van der Waals surface area contributed by atoms with Crippen LogP contribution in [-0.2, 0) is 9.47 Å². The summed E-state index contributed by atoms with van der Waals surface area (Å²) in [6.07, 6.45) is 5.65. The van der Waals surface area contributed by atoms with Crippen LogP contribution in [-0.4, -0.2) is 30.9 Å². The highest BCUT2D eigenvalue weighted by Gasteiger charge is 2.43. The molecule has 1 aliphatic heterocycles. The zero-order valence-corrected chi connectivity index (χ0v) is 12.7. The predicted molar refractivity (Wildman–Crippen MR) is 77.0 cm³/mol. The van der Waals surface area contributed by atoms with Crippen molar-refractivity contribution in [2.75, 3.05) is 13.2 Å². The average molecular weight is 293 g/mol. The third-order valence-corrected chi connectivity index (χ3v) is 4.51. The van der Waals surface area contributed by atoms with Gasteiger partial charge in [-0.15, -0.1) is 0 Å². The molecule has 0 aromatic carbocycles. The first-order valence-electron chi connectivity index (χ1n) is 7.72. The molecule has 21 heavy (non-hydrogen) atoms. The van der Waals surface area contributed by atoms with Gasteiger partial charge in [-0.1, -0.05) is 6.92 Å². The molecule has 2 aliphatic rings. The molecule has 1 aliphatic carbocycles. The van der Waals surface area contributed by atoms with Gasteiger partial charge in [0.05, 0.1) is 12.9 Å². The van der Waals surface area contributed by atoms with Crippen LogP contribution in [0, 0.1) is 12.8 Å². The Morgan fingerprint density at radius 2 is 2.19 bits per heavy atom. The van der Waals surface area contributed by atoms with Crippen molar-refractivity contribution >= 4 is 5.91 Å². The summed E-state index contributed by atoms with van der Waals surface area (Å²) in [5, 5.41) is 2.86. The molecule has 1 spiro atoms. The zero-order valence-electron chi connectivity index (χ0n) is 12.7. The lowest BCUT2D eigenvalue weighted by Gasteiger charge is -2.34. The second-order valence-electron chi connectivity index (χ2n) is 6.29. The Labute approximate surface area is 125 Å². The van der Waals surface area contributed by atoms with Crippen molar-refractivity contribution in [3.63, 3.8) is 0 Å². The van der Waals surface area contributed by atoms with Gasteiger partial charge in [0.2, 0.25) is 0 Å². The number of hydrogen-bond donors (Lipinski definition) is 1. The van der Waals surface area contributed by atoms with Gasteiger partial charge in [0.25, 0.3) is 5.91 Å². The molecule has 1 aromatic rings. The van der Waals surface area contributed by atoms with Gasteiger partial charge in [-0.25, -0.2) is 0 Å². The van der Waals surface area contributed by atoms with E-state index in [1.807, 2.05) is 6.92 Å². The number of furan rings is 1. The molecule has 0 unspecified atom stereocenters. The quantitative estimate of drug-likeness (QED) is 0.930. The van der Waals surface area contributed by atoms with E-state index >= 15 is 0 Å². The van der Waals surface area contributed by atoms with Gasteiger partial charge < -0.3 is 19.2 Å². The molecule has 1 N–H and O–H groups in total. The molecule has 2 fully saturated rings. The average Bonchev–Trinajstić information content (AvgIpc) is 3.07. The summed E-state index contributed by atoms with van der Waals surface area (Å²) in [5.74, 6) is 0.528.